The van der Waals surface area contributed by atoms with Crippen molar-refractivity contribution < 1.29 is 18.7 Å². The lowest BCUT2D eigenvalue weighted by Crippen LogP contribution is -2.55. The molecule has 3 aliphatic heterocycles. The standard InChI is InChI=1S/C33H30N2O5/c1-19-9-4-5-10-22(19)17-34-26-13-7-6-12-25(26)33(32(34)38)28-29(36)24-15-20(2)21(3)16-27(24)40-30(28)31(37)35(33)18-23-11-8-14-39-23/h4-7,9-10,12-13,15-16,23H,8,11,14,17-18H2,1-3H3. The molecule has 2 atom stereocenters. The van der Waals surface area contributed by atoms with Crippen LogP contribution in [0.1, 0.15) is 56.8 Å². The van der Waals surface area contributed by atoms with E-state index in [-0.39, 0.29) is 35.3 Å². The molecule has 1 aromatic heterocycles. The first-order valence-corrected chi connectivity index (χ1v) is 13.8. The van der Waals surface area contributed by atoms with E-state index in [1.165, 1.54) is 0 Å². The van der Waals surface area contributed by atoms with Crippen LogP contribution in [0, 0.1) is 20.8 Å². The molecule has 7 heteroatoms. The molecule has 7 rings (SSSR count). The SMILES string of the molecule is Cc1cc2oc3c(c(=O)c2cc1C)C1(C(=O)N(Cc2ccccc2C)c2ccccc21)N(CC1CCCO1)C3=O. The van der Waals surface area contributed by atoms with Crippen LogP contribution in [0.2, 0.25) is 0 Å². The molecule has 1 saturated heterocycles. The Morgan fingerprint density at radius 3 is 2.45 bits per heavy atom. The maximum absolute atomic E-state index is 14.9. The Labute approximate surface area is 232 Å². The molecule has 202 valence electrons. The molecule has 3 aliphatic rings. The third-order valence-electron chi connectivity index (χ3n) is 8.85. The minimum absolute atomic E-state index is 0.0559. The molecule has 7 nitrogen and oxygen atoms in total. The highest BCUT2D eigenvalue weighted by molar-refractivity contribution is 6.17. The highest BCUT2D eigenvalue weighted by Gasteiger charge is 2.65. The number of benzene rings is 3. The molecule has 0 aliphatic carbocycles. The summed E-state index contributed by atoms with van der Waals surface area (Å²) in [7, 11) is 0. The first-order chi connectivity index (χ1) is 19.3. The zero-order chi connectivity index (χ0) is 27.8. The molecule has 4 heterocycles. The molecule has 2 amide bonds. The Morgan fingerprint density at radius 1 is 0.925 bits per heavy atom. The lowest BCUT2D eigenvalue weighted by Gasteiger charge is -2.35. The third-order valence-corrected chi connectivity index (χ3v) is 8.85. The topological polar surface area (TPSA) is 80.1 Å². The molecule has 1 fully saturated rings. The number of amides is 2. The van der Waals surface area contributed by atoms with Gasteiger partial charge in [0.05, 0.1) is 29.3 Å². The minimum atomic E-state index is -1.63. The van der Waals surface area contributed by atoms with Crippen LogP contribution in [0.15, 0.2) is 69.9 Å². The number of hydrogen-bond acceptors (Lipinski definition) is 5. The van der Waals surface area contributed by atoms with Crippen molar-refractivity contribution >= 4 is 28.5 Å². The van der Waals surface area contributed by atoms with Gasteiger partial charge in [0.25, 0.3) is 11.8 Å². The summed E-state index contributed by atoms with van der Waals surface area (Å²) in [6, 6.07) is 19.0. The highest BCUT2D eigenvalue weighted by Crippen LogP contribution is 2.53. The number of aryl methyl sites for hydroxylation is 3. The summed E-state index contributed by atoms with van der Waals surface area (Å²) in [5.41, 5.74) is 3.74. The van der Waals surface area contributed by atoms with Crippen molar-refractivity contribution in [1.29, 1.82) is 0 Å². The molecule has 0 saturated carbocycles. The normalized spacial score (nSPS) is 21.6. The van der Waals surface area contributed by atoms with Crippen LogP contribution in [-0.2, 0) is 21.6 Å². The zero-order valence-electron chi connectivity index (χ0n) is 22.8. The first kappa shape index (κ1) is 24.8. The van der Waals surface area contributed by atoms with Gasteiger partial charge in [-0.1, -0.05) is 42.5 Å². The van der Waals surface area contributed by atoms with Crippen LogP contribution < -0.4 is 10.3 Å². The van der Waals surface area contributed by atoms with Crippen LogP contribution in [0.4, 0.5) is 5.69 Å². The zero-order valence-corrected chi connectivity index (χ0v) is 22.8. The molecule has 40 heavy (non-hydrogen) atoms. The molecule has 0 radical (unpaired) electrons. The van der Waals surface area contributed by atoms with Crippen LogP contribution in [-0.4, -0.2) is 36.0 Å². The van der Waals surface area contributed by atoms with Crippen molar-refractivity contribution in [1.82, 2.24) is 4.90 Å². The summed E-state index contributed by atoms with van der Waals surface area (Å²) < 4.78 is 12.2. The van der Waals surface area contributed by atoms with Gasteiger partial charge in [0, 0.05) is 18.7 Å². The largest absolute Gasteiger partial charge is 0.450 e. The van der Waals surface area contributed by atoms with Gasteiger partial charge < -0.3 is 19.0 Å². The van der Waals surface area contributed by atoms with E-state index in [0.717, 1.165) is 35.1 Å². The van der Waals surface area contributed by atoms with Gasteiger partial charge in [-0.3, -0.25) is 14.4 Å². The quantitative estimate of drug-likeness (QED) is 0.362. The van der Waals surface area contributed by atoms with E-state index < -0.39 is 11.4 Å². The van der Waals surface area contributed by atoms with Crippen molar-refractivity contribution in [3.8, 4) is 0 Å². The van der Waals surface area contributed by atoms with Crippen molar-refractivity contribution in [3.05, 3.63) is 110 Å². The first-order valence-electron chi connectivity index (χ1n) is 13.8. The Hall–Kier alpha value is -4.23. The van der Waals surface area contributed by atoms with Crippen LogP contribution in [0.5, 0.6) is 0 Å². The van der Waals surface area contributed by atoms with Crippen LogP contribution in [0.3, 0.4) is 0 Å². The Bertz CT molecular complexity index is 1780. The van der Waals surface area contributed by atoms with Crippen molar-refractivity contribution in [3.63, 3.8) is 0 Å². The van der Waals surface area contributed by atoms with Gasteiger partial charge in [-0.15, -0.1) is 0 Å². The van der Waals surface area contributed by atoms with Gasteiger partial charge in [0.2, 0.25) is 5.76 Å². The predicted molar refractivity (Wildman–Crippen MR) is 152 cm³/mol. The summed E-state index contributed by atoms with van der Waals surface area (Å²) in [4.78, 5) is 46.8. The number of anilines is 1. The molecular formula is C33H30N2O5. The number of rotatable bonds is 4. The van der Waals surface area contributed by atoms with Crippen molar-refractivity contribution in [2.75, 3.05) is 18.1 Å². The lowest BCUT2D eigenvalue weighted by molar-refractivity contribution is -0.126. The molecule has 2 unspecified atom stereocenters. The summed E-state index contributed by atoms with van der Waals surface area (Å²) in [5.74, 6) is -0.833. The van der Waals surface area contributed by atoms with E-state index in [9.17, 15) is 14.4 Å². The molecule has 0 N–H and O–H groups in total. The second-order valence-corrected chi connectivity index (χ2v) is 11.2. The number of carbonyl (C=O) groups is 2. The van der Waals surface area contributed by atoms with E-state index in [2.05, 4.69) is 0 Å². The number of carbonyl (C=O) groups excluding carboxylic acids is 2. The molecule has 1 spiro atoms. The van der Waals surface area contributed by atoms with Gasteiger partial charge in [0.1, 0.15) is 5.58 Å². The predicted octanol–water partition coefficient (Wildman–Crippen LogP) is 5.14. The van der Waals surface area contributed by atoms with E-state index >= 15 is 0 Å². The number of fused-ring (bicyclic) bond motifs is 5. The minimum Gasteiger partial charge on any atom is -0.450 e. The van der Waals surface area contributed by atoms with Gasteiger partial charge in [-0.2, -0.15) is 0 Å². The van der Waals surface area contributed by atoms with Crippen molar-refractivity contribution in [2.24, 2.45) is 0 Å². The molecular weight excluding hydrogens is 504 g/mol. The average molecular weight is 535 g/mol. The fourth-order valence-corrected chi connectivity index (χ4v) is 6.60. The molecule has 0 bridgehead atoms. The van der Waals surface area contributed by atoms with Gasteiger partial charge in [-0.05, 0) is 74.1 Å². The maximum Gasteiger partial charge on any atom is 0.291 e. The Balaban J connectivity index is 1.51. The van der Waals surface area contributed by atoms with Gasteiger partial charge in [0.15, 0.2) is 11.0 Å². The molecule has 3 aromatic carbocycles. The Kier molecular flexibility index (Phi) is 5.51. The maximum atomic E-state index is 14.9. The smallest absolute Gasteiger partial charge is 0.291 e. The second-order valence-electron chi connectivity index (χ2n) is 11.2. The van der Waals surface area contributed by atoms with E-state index in [1.807, 2.05) is 69.3 Å². The van der Waals surface area contributed by atoms with Crippen molar-refractivity contribution in [2.45, 2.75) is 51.8 Å². The fourth-order valence-electron chi connectivity index (χ4n) is 6.60. The van der Waals surface area contributed by atoms with Crippen LogP contribution in [0.25, 0.3) is 11.0 Å². The summed E-state index contributed by atoms with van der Waals surface area (Å²) >= 11 is 0. The number of ether oxygens (including phenoxy) is 1. The van der Waals surface area contributed by atoms with Gasteiger partial charge in [-0.25, -0.2) is 0 Å². The summed E-state index contributed by atoms with van der Waals surface area (Å²) in [6.07, 6.45) is 1.44. The van der Waals surface area contributed by atoms with E-state index in [4.69, 9.17) is 9.15 Å². The highest BCUT2D eigenvalue weighted by atomic mass is 16.5. The van der Waals surface area contributed by atoms with Gasteiger partial charge >= 0.3 is 0 Å². The van der Waals surface area contributed by atoms with Crippen LogP contribution >= 0.6 is 0 Å². The van der Waals surface area contributed by atoms with E-state index in [1.54, 1.807) is 21.9 Å². The third kappa shape index (κ3) is 3.30. The monoisotopic (exact) mass is 534 g/mol. The molecule has 4 aromatic rings. The Morgan fingerprint density at radius 2 is 1.68 bits per heavy atom. The number of para-hydroxylation sites is 1. The average Bonchev–Trinajstić information content (AvgIpc) is 3.61. The summed E-state index contributed by atoms with van der Waals surface area (Å²) in [5, 5.41) is 0.371. The number of nitrogens with zero attached hydrogens (tertiary/aromatic N) is 2. The second kappa shape index (κ2) is 8.89. The number of hydrogen-bond donors (Lipinski definition) is 0. The lowest BCUT2D eigenvalue weighted by atomic mass is 9.83. The summed E-state index contributed by atoms with van der Waals surface area (Å²) in [6.45, 7) is 7.01. The van der Waals surface area contributed by atoms with E-state index in [0.29, 0.717) is 35.4 Å². The fraction of sp³-hybridized carbons (Fsp3) is 0.303.